The summed E-state index contributed by atoms with van der Waals surface area (Å²) in [7, 11) is -3.85. The molecule has 1 aromatic carbocycles. The lowest BCUT2D eigenvalue weighted by Gasteiger charge is -2.20. The lowest BCUT2D eigenvalue weighted by molar-refractivity contribution is 0.560. The summed E-state index contributed by atoms with van der Waals surface area (Å²) in [6.07, 6.45) is 0. The van der Waals surface area contributed by atoms with Crippen molar-refractivity contribution in [1.82, 2.24) is 0 Å². The van der Waals surface area contributed by atoms with Crippen LogP contribution in [0.15, 0.2) is 16.6 Å². The standard InChI is InChI=1S/C10H12BrF2NO2S/c1-10(2,3)17(15,16)14-9-7(12)4-6(11)5-8(9)13/h4-5,14H,1-3H3. The lowest BCUT2D eigenvalue weighted by Crippen LogP contribution is -2.34. The van der Waals surface area contributed by atoms with E-state index in [0.29, 0.717) is 0 Å². The van der Waals surface area contributed by atoms with Gasteiger partial charge in [0.25, 0.3) is 0 Å². The van der Waals surface area contributed by atoms with E-state index in [0.717, 1.165) is 12.1 Å². The van der Waals surface area contributed by atoms with E-state index in [9.17, 15) is 17.2 Å². The number of nitrogens with one attached hydrogen (secondary N) is 1. The van der Waals surface area contributed by atoms with Gasteiger partial charge in [0.1, 0.15) is 5.69 Å². The molecule has 0 atom stereocenters. The Morgan fingerprint density at radius 2 is 1.59 bits per heavy atom. The fourth-order valence-corrected chi connectivity index (χ4v) is 2.10. The molecule has 0 saturated carbocycles. The van der Waals surface area contributed by atoms with Gasteiger partial charge in [-0.25, -0.2) is 17.2 Å². The fraction of sp³-hybridized carbons (Fsp3) is 0.400. The highest BCUT2D eigenvalue weighted by Crippen LogP contribution is 2.27. The third kappa shape index (κ3) is 3.16. The molecular formula is C10H12BrF2NO2S. The number of halogens is 3. The van der Waals surface area contributed by atoms with Crippen LogP contribution in [-0.4, -0.2) is 13.2 Å². The molecule has 0 aliphatic carbocycles. The van der Waals surface area contributed by atoms with Gasteiger partial charge in [-0.2, -0.15) is 0 Å². The van der Waals surface area contributed by atoms with Gasteiger partial charge in [0, 0.05) is 4.47 Å². The van der Waals surface area contributed by atoms with E-state index >= 15 is 0 Å². The molecule has 0 aromatic heterocycles. The summed E-state index contributed by atoms with van der Waals surface area (Å²) in [5.41, 5.74) is -0.664. The Labute approximate surface area is 107 Å². The van der Waals surface area contributed by atoms with E-state index in [1.807, 2.05) is 4.72 Å². The average Bonchev–Trinajstić information content (AvgIpc) is 2.09. The zero-order chi connectivity index (χ0) is 13.4. The Hall–Kier alpha value is -0.690. The topological polar surface area (TPSA) is 46.2 Å². The van der Waals surface area contributed by atoms with Gasteiger partial charge in [0.05, 0.1) is 4.75 Å². The number of hydrogen-bond acceptors (Lipinski definition) is 2. The van der Waals surface area contributed by atoms with E-state index in [1.165, 1.54) is 20.8 Å². The van der Waals surface area contributed by atoms with Crippen LogP contribution in [-0.2, 0) is 10.0 Å². The zero-order valence-electron chi connectivity index (χ0n) is 9.51. The van der Waals surface area contributed by atoms with Crippen LogP contribution in [0.2, 0.25) is 0 Å². The summed E-state index contributed by atoms with van der Waals surface area (Å²) >= 11 is 2.91. The first-order valence-electron chi connectivity index (χ1n) is 4.71. The predicted molar refractivity (Wildman–Crippen MR) is 66.4 cm³/mol. The fourth-order valence-electron chi connectivity index (χ4n) is 0.927. The third-order valence-corrected chi connectivity index (χ3v) is 4.59. The van der Waals surface area contributed by atoms with Crippen molar-refractivity contribution < 1.29 is 17.2 Å². The SMILES string of the molecule is CC(C)(C)S(=O)(=O)Nc1c(F)cc(Br)cc1F. The molecule has 7 heteroatoms. The number of rotatable bonds is 2. The smallest absolute Gasteiger partial charge is 0.237 e. The van der Waals surface area contributed by atoms with Crippen LogP contribution in [0.3, 0.4) is 0 Å². The Bertz CT molecular complexity index is 515. The molecule has 1 aromatic rings. The van der Waals surface area contributed by atoms with E-state index in [2.05, 4.69) is 15.9 Å². The molecule has 0 heterocycles. The molecular weight excluding hydrogens is 316 g/mol. The monoisotopic (exact) mass is 327 g/mol. The highest BCUT2D eigenvalue weighted by atomic mass is 79.9. The second-order valence-electron chi connectivity index (χ2n) is 4.46. The highest BCUT2D eigenvalue weighted by molar-refractivity contribution is 9.10. The molecule has 0 aliphatic rings. The number of anilines is 1. The van der Waals surface area contributed by atoms with E-state index < -0.39 is 32.1 Å². The van der Waals surface area contributed by atoms with Crippen LogP contribution in [0.1, 0.15) is 20.8 Å². The molecule has 0 amide bonds. The summed E-state index contributed by atoms with van der Waals surface area (Å²) < 4.78 is 51.3. The molecule has 96 valence electrons. The predicted octanol–water partition coefficient (Wildman–Crippen LogP) is 3.27. The Morgan fingerprint density at radius 1 is 1.18 bits per heavy atom. The molecule has 0 radical (unpaired) electrons. The van der Waals surface area contributed by atoms with Crippen LogP contribution in [0, 0.1) is 11.6 Å². The summed E-state index contributed by atoms with van der Waals surface area (Å²) in [6.45, 7) is 4.30. The second kappa shape index (κ2) is 4.53. The molecule has 0 unspecified atom stereocenters. The first kappa shape index (κ1) is 14.4. The van der Waals surface area contributed by atoms with Gasteiger partial charge >= 0.3 is 0 Å². The van der Waals surface area contributed by atoms with Crippen molar-refractivity contribution in [3.05, 3.63) is 28.2 Å². The summed E-state index contributed by atoms with van der Waals surface area (Å²) in [6, 6.07) is 1.98. The first-order valence-corrected chi connectivity index (χ1v) is 6.99. The summed E-state index contributed by atoms with van der Waals surface area (Å²) in [5, 5.41) is 0. The largest absolute Gasteiger partial charge is 0.277 e. The minimum Gasteiger partial charge on any atom is -0.277 e. The van der Waals surface area contributed by atoms with Gasteiger partial charge in [-0.3, -0.25) is 4.72 Å². The van der Waals surface area contributed by atoms with Crippen LogP contribution in [0.4, 0.5) is 14.5 Å². The van der Waals surface area contributed by atoms with E-state index in [4.69, 9.17) is 0 Å². The Morgan fingerprint density at radius 3 is 1.94 bits per heavy atom. The van der Waals surface area contributed by atoms with Gasteiger partial charge < -0.3 is 0 Å². The molecule has 0 bridgehead atoms. The van der Waals surface area contributed by atoms with Crippen LogP contribution >= 0.6 is 15.9 Å². The van der Waals surface area contributed by atoms with Gasteiger partial charge in [-0.05, 0) is 32.9 Å². The molecule has 0 spiro atoms. The normalized spacial score (nSPS) is 12.6. The van der Waals surface area contributed by atoms with E-state index in [-0.39, 0.29) is 4.47 Å². The van der Waals surface area contributed by atoms with Crippen molar-refractivity contribution >= 4 is 31.6 Å². The Balaban J connectivity index is 3.22. The van der Waals surface area contributed by atoms with Crippen LogP contribution in [0.5, 0.6) is 0 Å². The lowest BCUT2D eigenvalue weighted by atomic mass is 10.3. The van der Waals surface area contributed by atoms with Gasteiger partial charge in [0.2, 0.25) is 10.0 Å². The molecule has 1 N–H and O–H groups in total. The van der Waals surface area contributed by atoms with Crippen LogP contribution in [0.25, 0.3) is 0 Å². The van der Waals surface area contributed by atoms with Gasteiger partial charge in [-0.1, -0.05) is 15.9 Å². The molecule has 0 aliphatic heterocycles. The molecule has 0 saturated heterocycles. The quantitative estimate of drug-likeness (QED) is 0.906. The number of hydrogen-bond donors (Lipinski definition) is 1. The summed E-state index contributed by atoms with van der Waals surface area (Å²) in [5.74, 6) is -1.94. The van der Waals surface area contributed by atoms with Crippen molar-refractivity contribution in [2.45, 2.75) is 25.5 Å². The molecule has 1 rings (SSSR count). The zero-order valence-corrected chi connectivity index (χ0v) is 11.9. The minimum atomic E-state index is -3.85. The highest BCUT2D eigenvalue weighted by Gasteiger charge is 2.30. The average molecular weight is 328 g/mol. The Kier molecular flexibility index (Phi) is 3.83. The number of sulfonamides is 1. The van der Waals surface area contributed by atoms with Gasteiger partial charge in [-0.15, -0.1) is 0 Å². The second-order valence-corrected chi connectivity index (χ2v) is 7.81. The van der Waals surface area contributed by atoms with Crippen molar-refractivity contribution in [3.8, 4) is 0 Å². The van der Waals surface area contributed by atoms with Crippen molar-refractivity contribution in [2.24, 2.45) is 0 Å². The maximum Gasteiger partial charge on any atom is 0.237 e. The van der Waals surface area contributed by atoms with Crippen LogP contribution < -0.4 is 4.72 Å². The first-order chi connectivity index (χ1) is 7.54. The molecule has 17 heavy (non-hydrogen) atoms. The van der Waals surface area contributed by atoms with Crippen molar-refractivity contribution in [1.29, 1.82) is 0 Å². The number of benzene rings is 1. The molecule has 0 fully saturated rings. The third-order valence-electron chi connectivity index (χ3n) is 2.05. The minimum absolute atomic E-state index is 0.200. The van der Waals surface area contributed by atoms with Crippen molar-refractivity contribution in [2.75, 3.05) is 4.72 Å². The maximum atomic E-state index is 13.4. The van der Waals surface area contributed by atoms with E-state index in [1.54, 1.807) is 0 Å². The van der Waals surface area contributed by atoms with Gasteiger partial charge in [0.15, 0.2) is 11.6 Å². The summed E-state index contributed by atoms with van der Waals surface area (Å²) in [4.78, 5) is 0. The molecule has 3 nitrogen and oxygen atoms in total. The maximum absolute atomic E-state index is 13.4. The van der Waals surface area contributed by atoms with Crippen molar-refractivity contribution in [3.63, 3.8) is 0 Å².